The van der Waals surface area contributed by atoms with Crippen LogP contribution in [0.25, 0.3) is 10.9 Å². The van der Waals surface area contributed by atoms with E-state index in [1.165, 1.54) is 11.8 Å². The minimum atomic E-state index is -0.169. The molecule has 0 saturated carbocycles. The highest BCUT2D eigenvalue weighted by molar-refractivity contribution is 8.00. The molecule has 2 aromatic carbocycles. The third-order valence-corrected chi connectivity index (χ3v) is 5.58. The van der Waals surface area contributed by atoms with E-state index in [2.05, 4.69) is 15.3 Å². The molecule has 1 unspecified atom stereocenters. The molecule has 0 bridgehead atoms. The summed E-state index contributed by atoms with van der Waals surface area (Å²) < 4.78 is 0. The molecular weight excluding hydrogens is 370 g/mol. The average molecular weight is 388 g/mol. The van der Waals surface area contributed by atoms with E-state index in [0.717, 1.165) is 5.56 Å². The quantitative estimate of drug-likeness (QED) is 0.683. The SMILES string of the molecule is Cc1c(Cl)cccc1NC(=O)CSC(C)c1nc2ccccc2c(=O)[nH]1. The van der Waals surface area contributed by atoms with Crippen molar-refractivity contribution in [3.63, 3.8) is 0 Å². The summed E-state index contributed by atoms with van der Waals surface area (Å²) in [5.41, 5.74) is 2.02. The number of nitrogens with one attached hydrogen (secondary N) is 2. The van der Waals surface area contributed by atoms with Crippen molar-refractivity contribution in [2.45, 2.75) is 19.1 Å². The number of carbonyl (C=O) groups is 1. The summed E-state index contributed by atoms with van der Waals surface area (Å²) in [4.78, 5) is 31.7. The van der Waals surface area contributed by atoms with Crippen molar-refractivity contribution in [1.82, 2.24) is 9.97 Å². The predicted molar refractivity (Wildman–Crippen MR) is 108 cm³/mol. The molecule has 0 aliphatic heterocycles. The fourth-order valence-corrected chi connectivity index (χ4v) is 3.42. The van der Waals surface area contributed by atoms with E-state index in [0.29, 0.717) is 27.4 Å². The van der Waals surface area contributed by atoms with Crippen LogP contribution in [0, 0.1) is 6.92 Å². The molecule has 1 aromatic heterocycles. The van der Waals surface area contributed by atoms with Gasteiger partial charge in [0.05, 0.1) is 21.9 Å². The van der Waals surface area contributed by atoms with Gasteiger partial charge in [0, 0.05) is 10.7 Å². The van der Waals surface area contributed by atoms with Crippen LogP contribution in [0.15, 0.2) is 47.3 Å². The van der Waals surface area contributed by atoms with Gasteiger partial charge in [0.2, 0.25) is 5.91 Å². The van der Waals surface area contributed by atoms with E-state index in [1.54, 1.807) is 30.3 Å². The van der Waals surface area contributed by atoms with Gasteiger partial charge in [-0.15, -0.1) is 11.8 Å². The lowest BCUT2D eigenvalue weighted by Gasteiger charge is -2.12. The van der Waals surface area contributed by atoms with Gasteiger partial charge in [0.15, 0.2) is 0 Å². The highest BCUT2D eigenvalue weighted by Gasteiger charge is 2.14. The van der Waals surface area contributed by atoms with Gasteiger partial charge in [-0.25, -0.2) is 4.98 Å². The molecule has 2 N–H and O–H groups in total. The topological polar surface area (TPSA) is 74.8 Å². The molecule has 0 spiro atoms. The van der Waals surface area contributed by atoms with Crippen molar-refractivity contribution in [2.75, 3.05) is 11.1 Å². The Balaban J connectivity index is 1.67. The fraction of sp³-hybridized carbons (Fsp3) is 0.211. The number of benzene rings is 2. The van der Waals surface area contributed by atoms with Gasteiger partial charge in [0.1, 0.15) is 5.82 Å². The van der Waals surface area contributed by atoms with Gasteiger partial charge in [-0.1, -0.05) is 29.8 Å². The van der Waals surface area contributed by atoms with Crippen LogP contribution in [-0.2, 0) is 4.79 Å². The number of aromatic nitrogens is 2. The standard InChI is InChI=1S/C19H18ClN3O2S/c1-11-14(20)7-5-9-15(11)21-17(24)10-26-12(2)18-22-16-8-4-3-6-13(16)19(25)23-18/h3-9,12H,10H2,1-2H3,(H,21,24)(H,22,23,25). The van der Waals surface area contributed by atoms with E-state index in [4.69, 9.17) is 11.6 Å². The average Bonchev–Trinajstić information content (AvgIpc) is 2.63. The summed E-state index contributed by atoms with van der Waals surface area (Å²) in [6, 6.07) is 12.6. The van der Waals surface area contributed by atoms with Crippen LogP contribution < -0.4 is 10.9 Å². The van der Waals surface area contributed by atoms with Crippen molar-refractivity contribution < 1.29 is 4.79 Å². The number of halogens is 1. The lowest BCUT2D eigenvalue weighted by Crippen LogP contribution is -2.17. The van der Waals surface area contributed by atoms with Crippen molar-refractivity contribution >= 4 is 45.9 Å². The summed E-state index contributed by atoms with van der Waals surface area (Å²) >= 11 is 7.48. The third kappa shape index (κ3) is 4.08. The molecule has 1 heterocycles. The lowest BCUT2D eigenvalue weighted by molar-refractivity contribution is -0.113. The Morgan fingerprint density at radius 1 is 1.27 bits per heavy atom. The molecule has 3 rings (SSSR count). The monoisotopic (exact) mass is 387 g/mol. The number of anilines is 1. The Labute approximate surface area is 160 Å². The zero-order chi connectivity index (χ0) is 18.7. The first kappa shape index (κ1) is 18.5. The first-order valence-electron chi connectivity index (χ1n) is 8.11. The first-order chi connectivity index (χ1) is 12.5. The summed E-state index contributed by atoms with van der Waals surface area (Å²) in [5, 5.41) is 3.91. The molecule has 134 valence electrons. The molecule has 26 heavy (non-hydrogen) atoms. The largest absolute Gasteiger partial charge is 0.325 e. The Morgan fingerprint density at radius 2 is 2.04 bits per heavy atom. The number of carbonyl (C=O) groups excluding carboxylic acids is 1. The van der Waals surface area contributed by atoms with Crippen LogP contribution in [0.1, 0.15) is 23.6 Å². The second-order valence-corrected chi connectivity index (χ2v) is 7.62. The summed E-state index contributed by atoms with van der Waals surface area (Å²) in [7, 11) is 0. The van der Waals surface area contributed by atoms with Gasteiger partial charge in [0.25, 0.3) is 5.56 Å². The van der Waals surface area contributed by atoms with Crippen LogP contribution in [-0.4, -0.2) is 21.6 Å². The van der Waals surface area contributed by atoms with Crippen molar-refractivity contribution in [1.29, 1.82) is 0 Å². The number of rotatable bonds is 5. The van der Waals surface area contributed by atoms with E-state index < -0.39 is 0 Å². The maximum absolute atomic E-state index is 12.2. The van der Waals surface area contributed by atoms with E-state index >= 15 is 0 Å². The van der Waals surface area contributed by atoms with Crippen LogP contribution in [0.4, 0.5) is 5.69 Å². The molecule has 5 nitrogen and oxygen atoms in total. The predicted octanol–water partition coefficient (Wildman–Crippen LogP) is 4.32. The molecule has 1 amide bonds. The number of hydrogen-bond donors (Lipinski definition) is 2. The van der Waals surface area contributed by atoms with Gasteiger partial charge in [-0.05, 0) is 43.7 Å². The number of para-hydroxylation sites is 1. The van der Waals surface area contributed by atoms with E-state index in [9.17, 15) is 9.59 Å². The number of fused-ring (bicyclic) bond motifs is 1. The van der Waals surface area contributed by atoms with Crippen molar-refractivity contribution in [3.05, 3.63) is 69.2 Å². The minimum Gasteiger partial charge on any atom is -0.325 e. The van der Waals surface area contributed by atoms with Crippen LogP contribution in [0.5, 0.6) is 0 Å². The van der Waals surface area contributed by atoms with Gasteiger partial charge < -0.3 is 10.3 Å². The molecular formula is C19H18ClN3O2S. The highest BCUT2D eigenvalue weighted by atomic mass is 35.5. The summed E-state index contributed by atoms with van der Waals surface area (Å²) in [6.45, 7) is 3.77. The number of H-pyrrole nitrogens is 1. The molecule has 0 aliphatic rings. The minimum absolute atomic E-state index is 0.126. The lowest BCUT2D eigenvalue weighted by atomic mass is 10.2. The number of amides is 1. The second kappa shape index (κ2) is 7.93. The Hall–Kier alpha value is -2.31. The maximum Gasteiger partial charge on any atom is 0.258 e. The molecule has 7 heteroatoms. The number of aromatic amines is 1. The molecule has 3 aromatic rings. The maximum atomic E-state index is 12.2. The van der Waals surface area contributed by atoms with Crippen LogP contribution in [0.3, 0.4) is 0 Å². The zero-order valence-electron chi connectivity index (χ0n) is 14.4. The van der Waals surface area contributed by atoms with E-state index in [1.807, 2.05) is 26.0 Å². The number of thioether (sulfide) groups is 1. The highest BCUT2D eigenvalue weighted by Crippen LogP contribution is 2.27. The van der Waals surface area contributed by atoms with Gasteiger partial charge in [-0.3, -0.25) is 9.59 Å². The Bertz CT molecular complexity index is 1020. The molecule has 0 aliphatic carbocycles. The van der Waals surface area contributed by atoms with Crippen LogP contribution >= 0.6 is 23.4 Å². The smallest absolute Gasteiger partial charge is 0.258 e. The van der Waals surface area contributed by atoms with Gasteiger partial charge >= 0.3 is 0 Å². The van der Waals surface area contributed by atoms with E-state index in [-0.39, 0.29) is 22.5 Å². The summed E-state index contributed by atoms with van der Waals surface area (Å²) in [5.74, 6) is 0.671. The van der Waals surface area contributed by atoms with Crippen molar-refractivity contribution in [3.8, 4) is 0 Å². The molecule has 0 radical (unpaired) electrons. The molecule has 0 fully saturated rings. The normalized spacial score (nSPS) is 12.1. The molecule has 0 saturated heterocycles. The Kier molecular flexibility index (Phi) is 5.64. The first-order valence-corrected chi connectivity index (χ1v) is 9.54. The van der Waals surface area contributed by atoms with Gasteiger partial charge in [-0.2, -0.15) is 0 Å². The number of nitrogens with zero attached hydrogens (tertiary/aromatic N) is 1. The van der Waals surface area contributed by atoms with Crippen molar-refractivity contribution in [2.24, 2.45) is 0 Å². The zero-order valence-corrected chi connectivity index (χ0v) is 15.9. The summed E-state index contributed by atoms with van der Waals surface area (Å²) in [6.07, 6.45) is 0. The van der Waals surface area contributed by atoms with Crippen LogP contribution in [0.2, 0.25) is 5.02 Å². The second-order valence-electron chi connectivity index (χ2n) is 5.88. The molecule has 1 atom stereocenters. The number of hydrogen-bond acceptors (Lipinski definition) is 4. The third-order valence-electron chi connectivity index (χ3n) is 4.02. The Morgan fingerprint density at radius 3 is 2.85 bits per heavy atom. The fourth-order valence-electron chi connectivity index (χ4n) is 2.51.